The molecule has 6 heteroatoms. The average Bonchev–Trinajstić information content (AvgIpc) is 3.47. The van der Waals surface area contributed by atoms with Crippen LogP contribution in [-0.4, -0.2) is 37.2 Å². The highest BCUT2D eigenvalue weighted by atomic mass is 16.6. The minimum Gasteiger partial charge on any atom is -0.462 e. The molecule has 0 aromatic carbocycles. The van der Waals surface area contributed by atoms with Gasteiger partial charge in [0.15, 0.2) is 6.10 Å². The number of carbonyl (C=O) groups is 3. The van der Waals surface area contributed by atoms with Crippen molar-refractivity contribution in [3.63, 3.8) is 0 Å². The van der Waals surface area contributed by atoms with Crippen LogP contribution in [0.4, 0.5) is 0 Å². The summed E-state index contributed by atoms with van der Waals surface area (Å²) in [4.78, 5) is 38.4. The third-order valence-corrected chi connectivity index (χ3v) is 14.4. The Morgan fingerprint density at radius 3 is 0.827 bits per heavy atom. The highest BCUT2D eigenvalue weighted by Crippen LogP contribution is 2.16. The topological polar surface area (TPSA) is 78.9 Å². The maximum absolute atomic E-state index is 12.9. The first-order chi connectivity index (χ1) is 40.0. The van der Waals surface area contributed by atoms with Gasteiger partial charge < -0.3 is 14.2 Å². The quantitative estimate of drug-likeness (QED) is 0.0261. The minimum atomic E-state index is -0.817. The van der Waals surface area contributed by atoms with Crippen LogP contribution in [0.2, 0.25) is 0 Å². The van der Waals surface area contributed by atoms with Crippen LogP contribution >= 0.6 is 0 Å². The summed E-state index contributed by atoms with van der Waals surface area (Å²) in [5.74, 6) is -0.991. The van der Waals surface area contributed by atoms with Crippen molar-refractivity contribution in [2.24, 2.45) is 0 Å². The Morgan fingerprint density at radius 1 is 0.259 bits per heavy atom. The molecule has 1 unspecified atom stereocenters. The molecule has 0 radical (unpaired) electrons. The monoisotopic (exact) mass is 1120 g/mol. The summed E-state index contributed by atoms with van der Waals surface area (Å²) in [6.45, 7) is 6.46. The normalized spacial score (nSPS) is 12.9. The van der Waals surface area contributed by atoms with E-state index < -0.39 is 6.10 Å². The standard InChI is InChI=1S/C75H126O6/c1-4-7-10-13-16-19-22-25-28-31-34-36-37-39-41-44-47-50-53-56-59-62-65-68-74(77)80-71-72(70-79-73(76)67-64-61-58-55-52-49-46-43-40-33-30-27-24-21-18-15-12-9-6-3)81-75(78)69-66-63-60-57-54-51-48-45-42-38-35-32-29-26-23-20-17-14-11-8-5-2/h9,12,18,21-23,25-27,30-32,34-35,40,43,49,52,58,61,72H,4-8,10-11,13-17,19-20,24,28-29,33,36-39,41-42,44-48,50-51,53-57,59-60,62-71H2,1-3H3/b12-9-,21-18-,25-22-,26-23-,30-27-,34-31-,35-32-,43-40-,52-49-,61-58-. The lowest BCUT2D eigenvalue weighted by atomic mass is 10.0. The zero-order chi connectivity index (χ0) is 58.5. The van der Waals surface area contributed by atoms with Gasteiger partial charge in [-0.1, -0.05) is 296 Å². The van der Waals surface area contributed by atoms with Gasteiger partial charge in [-0.2, -0.15) is 0 Å². The van der Waals surface area contributed by atoms with E-state index in [1.54, 1.807) is 0 Å². The van der Waals surface area contributed by atoms with Crippen molar-refractivity contribution >= 4 is 17.9 Å². The van der Waals surface area contributed by atoms with E-state index in [4.69, 9.17) is 14.2 Å². The second-order valence-electron chi connectivity index (χ2n) is 22.3. The van der Waals surface area contributed by atoms with Gasteiger partial charge in [0.05, 0.1) is 0 Å². The lowest BCUT2D eigenvalue weighted by Gasteiger charge is -2.18. The number of rotatable bonds is 61. The Labute approximate surface area is 501 Å². The van der Waals surface area contributed by atoms with E-state index in [-0.39, 0.29) is 37.5 Å². The molecule has 0 heterocycles. The molecule has 462 valence electrons. The number of ether oxygens (including phenoxy) is 3. The van der Waals surface area contributed by atoms with Crippen LogP contribution < -0.4 is 0 Å². The molecule has 0 rings (SSSR count). The lowest BCUT2D eigenvalue weighted by Crippen LogP contribution is -2.30. The van der Waals surface area contributed by atoms with Crippen LogP contribution in [0.5, 0.6) is 0 Å². The van der Waals surface area contributed by atoms with Crippen molar-refractivity contribution in [1.82, 2.24) is 0 Å². The smallest absolute Gasteiger partial charge is 0.306 e. The van der Waals surface area contributed by atoms with E-state index in [0.717, 1.165) is 89.9 Å². The molecular weight excluding hydrogens is 997 g/mol. The van der Waals surface area contributed by atoms with Crippen LogP contribution in [0.3, 0.4) is 0 Å². The number of carbonyl (C=O) groups excluding carboxylic acids is 3. The van der Waals surface area contributed by atoms with E-state index in [2.05, 4.69) is 136 Å². The van der Waals surface area contributed by atoms with E-state index in [9.17, 15) is 14.4 Å². The molecule has 0 spiro atoms. The summed E-state index contributed by atoms with van der Waals surface area (Å²) < 4.78 is 16.9. The summed E-state index contributed by atoms with van der Waals surface area (Å²) in [7, 11) is 0. The molecule has 0 aliphatic carbocycles. The molecule has 0 amide bonds. The first-order valence-electron chi connectivity index (χ1n) is 34.0. The summed E-state index contributed by atoms with van der Waals surface area (Å²) in [6.07, 6.45) is 95.1. The summed E-state index contributed by atoms with van der Waals surface area (Å²) >= 11 is 0. The molecule has 0 bridgehead atoms. The van der Waals surface area contributed by atoms with Gasteiger partial charge >= 0.3 is 17.9 Å². The second-order valence-corrected chi connectivity index (χ2v) is 22.3. The number of unbranched alkanes of at least 4 members (excludes halogenated alkanes) is 30. The SMILES string of the molecule is CC/C=C\C/C=C\C/C=C\C/C=C\C/C=C\C/C=C\CCC(=O)OCC(COC(=O)CCCCCCCCCCCCC/C=C\C/C=C\CCCCCCC)OC(=O)CCCCCCCCCCC/C=C\C/C=C\CCCCCCC. The van der Waals surface area contributed by atoms with Gasteiger partial charge in [-0.25, -0.2) is 0 Å². The fourth-order valence-corrected chi connectivity index (χ4v) is 9.35. The average molecular weight is 1120 g/mol. The number of hydrogen-bond donors (Lipinski definition) is 0. The first kappa shape index (κ1) is 76.8. The Morgan fingerprint density at radius 2 is 0.506 bits per heavy atom. The summed E-state index contributed by atoms with van der Waals surface area (Å²) in [5.41, 5.74) is 0. The zero-order valence-corrected chi connectivity index (χ0v) is 53.0. The number of allylic oxidation sites excluding steroid dienone is 20. The largest absolute Gasteiger partial charge is 0.462 e. The third-order valence-electron chi connectivity index (χ3n) is 14.4. The Kier molecular flexibility index (Phi) is 64.8. The maximum atomic E-state index is 12.9. The Balaban J connectivity index is 4.47. The second kappa shape index (κ2) is 68.3. The van der Waals surface area contributed by atoms with Crippen molar-refractivity contribution in [3.05, 3.63) is 122 Å². The number of esters is 3. The predicted octanol–water partition coefficient (Wildman–Crippen LogP) is 23.6. The Bertz CT molecular complexity index is 1670. The summed E-state index contributed by atoms with van der Waals surface area (Å²) in [5, 5.41) is 0. The fourth-order valence-electron chi connectivity index (χ4n) is 9.35. The molecule has 0 saturated carbocycles. The van der Waals surface area contributed by atoms with Crippen molar-refractivity contribution < 1.29 is 28.6 Å². The van der Waals surface area contributed by atoms with Crippen molar-refractivity contribution in [2.75, 3.05) is 13.2 Å². The van der Waals surface area contributed by atoms with Crippen molar-refractivity contribution in [2.45, 2.75) is 322 Å². The molecule has 81 heavy (non-hydrogen) atoms. The molecule has 0 aromatic rings. The number of hydrogen-bond acceptors (Lipinski definition) is 6. The van der Waals surface area contributed by atoms with Gasteiger partial charge in [-0.3, -0.25) is 14.4 Å². The molecule has 6 nitrogen and oxygen atoms in total. The van der Waals surface area contributed by atoms with Crippen LogP contribution in [0.15, 0.2) is 122 Å². The van der Waals surface area contributed by atoms with E-state index in [0.29, 0.717) is 19.3 Å². The maximum Gasteiger partial charge on any atom is 0.306 e. The summed E-state index contributed by atoms with van der Waals surface area (Å²) in [6, 6.07) is 0. The zero-order valence-electron chi connectivity index (χ0n) is 53.0. The van der Waals surface area contributed by atoms with Gasteiger partial charge in [-0.15, -0.1) is 0 Å². The molecule has 0 aliphatic rings. The highest BCUT2D eigenvalue weighted by Gasteiger charge is 2.19. The van der Waals surface area contributed by atoms with Crippen molar-refractivity contribution in [3.8, 4) is 0 Å². The highest BCUT2D eigenvalue weighted by molar-refractivity contribution is 5.71. The molecule has 0 N–H and O–H groups in total. The molecule has 0 saturated heterocycles. The van der Waals surface area contributed by atoms with E-state index >= 15 is 0 Å². The molecule has 0 fully saturated rings. The molecular formula is C75H126O6. The lowest BCUT2D eigenvalue weighted by molar-refractivity contribution is -0.166. The van der Waals surface area contributed by atoms with Gasteiger partial charge in [0.1, 0.15) is 13.2 Å². The third kappa shape index (κ3) is 66.5. The predicted molar refractivity (Wildman–Crippen MR) is 353 cm³/mol. The minimum absolute atomic E-state index is 0.106. The van der Waals surface area contributed by atoms with E-state index in [1.807, 2.05) is 6.08 Å². The first-order valence-corrected chi connectivity index (χ1v) is 34.0. The van der Waals surface area contributed by atoms with Crippen LogP contribution in [0.1, 0.15) is 316 Å². The fraction of sp³-hybridized carbons (Fsp3) is 0.693. The molecule has 1 atom stereocenters. The molecule has 0 aromatic heterocycles. The van der Waals surface area contributed by atoms with Crippen LogP contribution in [0, 0.1) is 0 Å². The Hall–Kier alpha value is -4.19. The van der Waals surface area contributed by atoms with Gasteiger partial charge in [-0.05, 0) is 122 Å². The van der Waals surface area contributed by atoms with Gasteiger partial charge in [0.25, 0.3) is 0 Å². The van der Waals surface area contributed by atoms with Gasteiger partial charge in [0, 0.05) is 19.3 Å². The molecule has 0 aliphatic heterocycles. The van der Waals surface area contributed by atoms with Gasteiger partial charge in [0.2, 0.25) is 0 Å². The van der Waals surface area contributed by atoms with E-state index in [1.165, 1.54) is 180 Å². The van der Waals surface area contributed by atoms with Crippen LogP contribution in [-0.2, 0) is 28.6 Å². The van der Waals surface area contributed by atoms with Crippen LogP contribution in [0.25, 0.3) is 0 Å². The van der Waals surface area contributed by atoms with Crippen molar-refractivity contribution in [1.29, 1.82) is 0 Å².